The summed E-state index contributed by atoms with van der Waals surface area (Å²) in [4.78, 5) is 0. The fraction of sp³-hybridized carbons (Fsp3) is 0.444. The number of nitrogens with one attached hydrogen (secondary N) is 1. The van der Waals surface area contributed by atoms with E-state index in [1.807, 2.05) is 13.0 Å². The van der Waals surface area contributed by atoms with Crippen LogP contribution in [0.1, 0.15) is 42.1 Å². The summed E-state index contributed by atoms with van der Waals surface area (Å²) in [6.07, 6.45) is 0. The summed E-state index contributed by atoms with van der Waals surface area (Å²) in [5, 5.41) is 3.40. The maximum atomic E-state index is 5.86. The van der Waals surface area contributed by atoms with Gasteiger partial charge in [-0.2, -0.15) is 0 Å². The number of aryl methyl sites for hydroxylation is 3. The van der Waals surface area contributed by atoms with E-state index in [-0.39, 0.29) is 0 Å². The predicted molar refractivity (Wildman–Crippen MR) is 85.7 cm³/mol. The summed E-state index contributed by atoms with van der Waals surface area (Å²) < 4.78 is 11.6. The van der Waals surface area contributed by atoms with Crippen LogP contribution in [0.4, 0.5) is 0 Å². The first-order valence-corrected chi connectivity index (χ1v) is 7.47. The van der Waals surface area contributed by atoms with Gasteiger partial charge in [0.25, 0.3) is 0 Å². The number of rotatable bonds is 6. The molecular formula is C18H25NO2. The summed E-state index contributed by atoms with van der Waals surface area (Å²) in [6.45, 7) is 11.7. The second-order valence-corrected chi connectivity index (χ2v) is 5.89. The van der Waals surface area contributed by atoms with Crippen molar-refractivity contribution in [2.24, 2.45) is 0 Å². The molecule has 3 heteroatoms. The lowest BCUT2D eigenvalue weighted by Gasteiger charge is -2.08. The Morgan fingerprint density at radius 1 is 1.14 bits per heavy atom. The third-order valence-corrected chi connectivity index (χ3v) is 3.47. The quantitative estimate of drug-likeness (QED) is 0.861. The van der Waals surface area contributed by atoms with E-state index in [1.54, 1.807) is 0 Å². The molecule has 2 rings (SSSR count). The molecule has 0 saturated carbocycles. The van der Waals surface area contributed by atoms with Gasteiger partial charge in [0, 0.05) is 18.2 Å². The SMILES string of the molecule is Cc1ccc(OCc2cc(CNC(C)C)c(C)o2)c(C)c1. The minimum atomic E-state index is 0.465. The lowest BCUT2D eigenvalue weighted by atomic mass is 10.1. The van der Waals surface area contributed by atoms with E-state index in [4.69, 9.17) is 9.15 Å². The molecule has 2 aromatic rings. The highest BCUT2D eigenvalue weighted by molar-refractivity contribution is 5.35. The Morgan fingerprint density at radius 3 is 2.57 bits per heavy atom. The molecule has 21 heavy (non-hydrogen) atoms. The zero-order chi connectivity index (χ0) is 15.4. The molecule has 0 aliphatic rings. The molecule has 0 aliphatic carbocycles. The second kappa shape index (κ2) is 6.81. The zero-order valence-electron chi connectivity index (χ0n) is 13.6. The van der Waals surface area contributed by atoms with Crippen molar-refractivity contribution in [2.75, 3.05) is 0 Å². The van der Waals surface area contributed by atoms with E-state index in [0.717, 1.165) is 29.4 Å². The Bertz CT molecular complexity index is 599. The average Bonchev–Trinajstić information content (AvgIpc) is 2.76. The first kappa shape index (κ1) is 15.6. The van der Waals surface area contributed by atoms with E-state index < -0.39 is 0 Å². The largest absolute Gasteiger partial charge is 0.485 e. The van der Waals surface area contributed by atoms with Crippen molar-refractivity contribution >= 4 is 0 Å². The van der Waals surface area contributed by atoms with Gasteiger partial charge in [-0.15, -0.1) is 0 Å². The summed E-state index contributed by atoms with van der Waals surface area (Å²) in [5.41, 5.74) is 3.60. The average molecular weight is 287 g/mol. The molecule has 0 saturated heterocycles. The number of hydrogen-bond acceptors (Lipinski definition) is 3. The lowest BCUT2D eigenvalue weighted by Crippen LogP contribution is -2.21. The molecule has 1 heterocycles. The van der Waals surface area contributed by atoms with Gasteiger partial charge in [-0.3, -0.25) is 0 Å². The number of ether oxygens (including phenoxy) is 1. The van der Waals surface area contributed by atoms with Crippen molar-refractivity contribution in [1.82, 2.24) is 5.32 Å². The van der Waals surface area contributed by atoms with Crippen LogP contribution in [0.15, 0.2) is 28.7 Å². The zero-order valence-corrected chi connectivity index (χ0v) is 13.6. The van der Waals surface area contributed by atoms with E-state index in [9.17, 15) is 0 Å². The summed E-state index contributed by atoms with van der Waals surface area (Å²) in [5.74, 6) is 2.74. The predicted octanol–water partition coefficient (Wildman–Crippen LogP) is 4.28. The van der Waals surface area contributed by atoms with Crippen molar-refractivity contribution in [3.05, 3.63) is 52.5 Å². The molecule has 0 amide bonds. The van der Waals surface area contributed by atoms with Gasteiger partial charge in [-0.25, -0.2) is 0 Å². The highest BCUT2D eigenvalue weighted by atomic mass is 16.5. The molecule has 0 bridgehead atoms. The summed E-state index contributed by atoms with van der Waals surface area (Å²) in [7, 11) is 0. The number of furan rings is 1. The molecule has 1 aromatic heterocycles. The molecule has 0 atom stereocenters. The normalized spacial score (nSPS) is 11.1. The molecule has 1 N–H and O–H groups in total. The standard InChI is InChI=1S/C18H25NO2/c1-12(2)19-10-16-9-17(21-15(16)5)11-20-18-7-6-13(3)8-14(18)4/h6-9,12,19H,10-11H2,1-5H3. The van der Waals surface area contributed by atoms with Crippen molar-refractivity contribution < 1.29 is 9.15 Å². The fourth-order valence-electron chi connectivity index (χ4n) is 2.26. The third-order valence-electron chi connectivity index (χ3n) is 3.47. The minimum Gasteiger partial charge on any atom is -0.485 e. The lowest BCUT2D eigenvalue weighted by molar-refractivity contribution is 0.266. The minimum absolute atomic E-state index is 0.465. The molecule has 0 fully saturated rings. The summed E-state index contributed by atoms with van der Waals surface area (Å²) >= 11 is 0. The van der Waals surface area contributed by atoms with Gasteiger partial charge < -0.3 is 14.5 Å². The van der Waals surface area contributed by atoms with Crippen LogP contribution in [-0.4, -0.2) is 6.04 Å². The molecular weight excluding hydrogens is 262 g/mol. The maximum absolute atomic E-state index is 5.86. The van der Waals surface area contributed by atoms with Crippen LogP contribution in [0, 0.1) is 20.8 Å². The van der Waals surface area contributed by atoms with Crippen LogP contribution in [-0.2, 0) is 13.2 Å². The van der Waals surface area contributed by atoms with Crippen LogP contribution in [0.5, 0.6) is 5.75 Å². The van der Waals surface area contributed by atoms with Crippen molar-refractivity contribution in [2.45, 2.75) is 53.8 Å². The maximum Gasteiger partial charge on any atom is 0.146 e. The van der Waals surface area contributed by atoms with Crippen LogP contribution in [0.2, 0.25) is 0 Å². The first-order chi connectivity index (χ1) is 9.95. The van der Waals surface area contributed by atoms with Gasteiger partial charge in [0.15, 0.2) is 0 Å². The van der Waals surface area contributed by atoms with Gasteiger partial charge >= 0.3 is 0 Å². The topological polar surface area (TPSA) is 34.4 Å². The van der Waals surface area contributed by atoms with Gasteiger partial charge in [0.1, 0.15) is 23.9 Å². The van der Waals surface area contributed by atoms with E-state index in [0.29, 0.717) is 12.6 Å². The Hall–Kier alpha value is -1.74. The second-order valence-electron chi connectivity index (χ2n) is 5.89. The molecule has 0 spiro atoms. The Morgan fingerprint density at radius 2 is 1.90 bits per heavy atom. The Kier molecular flexibility index (Phi) is 5.07. The van der Waals surface area contributed by atoms with E-state index in [1.165, 1.54) is 11.1 Å². The number of benzene rings is 1. The number of hydrogen-bond donors (Lipinski definition) is 1. The highest BCUT2D eigenvalue weighted by Gasteiger charge is 2.09. The van der Waals surface area contributed by atoms with Crippen LogP contribution < -0.4 is 10.1 Å². The molecule has 114 valence electrons. The van der Waals surface area contributed by atoms with E-state index in [2.05, 4.69) is 51.2 Å². The molecule has 0 radical (unpaired) electrons. The van der Waals surface area contributed by atoms with Gasteiger partial charge in [-0.1, -0.05) is 31.5 Å². The van der Waals surface area contributed by atoms with Crippen LogP contribution in [0.3, 0.4) is 0 Å². The van der Waals surface area contributed by atoms with Gasteiger partial charge in [0.05, 0.1) is 0 Å². The Labute approximate surface area is 127 Å². The van der Waals surface area contributed by atoms with Crippen LogP contribution in [0.25, 0.3) is 0 Å². The monoisotopic (exact) mass is 287 g/mol. The fourth-order valence-corrected chi connectivity index (χ4v) is 2.26. The molecule has 0 aliphatic heterocycles. The van der Waals surface area contributed by atoms with Gasteiger partial charge in [0.2, 0.25) is 0 Å². The highest BCUT2D eigenvalue weighted by Crippen LogP contribution is 2.21. The first-order valence-electron chi connectivity index (χ1n) is 7.47. The molecule has 0 unspecified atom stereocenters. The Balaban J connectivity index is 1.98. The van der Waals surface area contributed by atoms with Crippen molar-refractivity contribution in [3.8, 4) is 5.75 Å². The van der Waals surface area contributed by atoms with Crippen LogP contribution >= 0.6 is 0 Å². The molecule has 1 aromatic carbocycles. The molecule has 3 nitrogen and oxygen atoms in total. The third kappa shape index (κ3) is 4.36. The summed E-state index contributed by atoms with van der Waals surface area (Å²) in [6, 6.07) is 8.75. The van der Waals surface area contributed by atoms with Crippen molar-refractivity contribution in [3.63, 3.8) is 0 Å². The van der Waals surface area contributed by atoms with Gasteiger partial charge in [-0.05, 0) is 38.5 Å². The smallest absolute Gasteiger partial charge is 0.146 e. The van der Waals surface area contributed by atoms with Crippen molar-refractivity contribution in [1.29, 1.82) is 0 Å². The van der Waals surface area contributed by atoms with E-state index >= 15 is 0 Å².